The van der Waals surface area contributed by atoms with Crippen molar-refractivity contribution in [1.82, 2.24) is 0 Å². The third-order valence-corrected chi connectivity index (χ3v) is 4.03. The second kappa shape index (κ2) is 6.66. The first kappa shape index (κ1) is 15.9. The van der Waals surface area contributed by atoms with E-state index in [1.54, 1.807) is 24.3 Å². The van der Waals surface area contributed by atoms with Crippen LogP contribution in [-0.4, -0.2) is 17.7 Å². The third kappa shape index (κ3) is 3.35. The first-order valence-electron chi connectivity index (χ1n) is 7.71. The molecular weight excluding hydrogens is 306 g/mol. The molecule has 2 aromatic carbocycles. The number of benzene rings is 2. The number of cyclic esters (lactones) is 1. The van der Waals surface area contributed by atoms with Crippen molar-refractivity contribution in [2.24, 2.45) is 5.92 Å². The Morgan fingerprint density at radius 2 is 1.71 bits per heavy atom. The SMILES string of the molecule is CC(=O)c1ccc(NC(=O)[C@H]2CC(=O)O[C@H]2c2ccccc2)cc1. The maximum absolute atomic E-state index is 12.6. The fourth-order valence-corrected chi connectivity index (χ4v) is 2.75. The normalized spacial score (nSPS) is 19.6. The van der Waals surface area contributed by atoms with Gasteiger partial charge in [-0.25, -0.2) is 0 Å². The van der Waals surface area contributed by atoms with E-state index in [1.807, 2.05) is 30.3 Å². The van der Waals surface area contributed by atoms with Crippen LogP contribution in [-0.2, 0) is 14.3 Å². The minimum absolute atomic E-state index is 0.0354. The molecule has 0 radical (unpaired) electrons. The molecule has 1 amide bonds. The van der Waals surface area contributed by atoms with Gasteiger partial charge in [-0.05, 0) is 36.8 Å². The zero-order valence-corrected chi connectivity index (χ0v) is 13.2. The maximum atomic E-state index is 12.6. The monoisotopic (exact) mass is 323 g/mol. The summed E-state index contributed by atoms with van der Waals surface area (Å²) in [6.07, 6.45) is -0.521. The molecule has 1 fully saturated rings. The Labute approximate surface area is 139 Å². The molecule has 0 unspecified atom stereocenters. The summed E-state index contributed by atoms with van der Waals surface area (Å²) in [4.78, 5) is 35.5. The zero-order valence-electron chi connectivity index (χ0n) is 13.2. The Kier molecular flexibility index (Phi) is 4.42. The van der Waals surface area contributed by atoms with Crippen LogP contribution in [0.2, 0.25) is 0 Å². The molecule has 24 heavy (non-hydrogen) atoms. The van der Waals surface area contributed by atoms with Crippen molar-refractivity contribution in [3.05, 3.63) is 65.7 Å². The molecule has 0 aliphatic carbocycles. The van der Waals surface area contributed by atoms with E-state index in [4.69, 9.17) is 4.74 Å². The first-order chi connectivity index (χ1) is 11.5. The van der Waals surface area contributed by atoms with Crippen molar-refractivity contribution in [2.75, 3.05) is 5.32 Å². The summed E-state index contributed by atoms with van der Waals surface area (Å²) >= 11 is 0. The summed E-state index contributed by atoms with van der Waals surface area (Å²) in [5.41, 5.74) is 1.96. The molecule has 1 heterocycles. The van der Waals surface area contributed by atoms with E-state index >= 15 is 0 Å². The van der Waals surface area contributed by atoms with Crippen LogP contribution in [0.1, 0.15) is 35.4 Å². The number of carbonyl (C=O) groups excluding carboxylic acids is 3. The van der Waals surface area contributed by atoms with Crippen LogP contribution < -0.4 is 5.32 Å². The molecule has 1 aliphatic heterocycles. The molecule has 5 heteroatoms. The number of esters is 1. The molecule has 1 aliphatic rings. The summed E-state index contributed by atoms with van der Waals surface area (Å²) < 4.78 is 5.32. The molecule has 2 atom stereocenters. The molecule has 0 aromatic heterocycles. The van der Waals surface area contributed by atoms with Crippen molar-refractivity contribution in [1.29, 1.82) is 0 Å². The van der Waals surface area contributed by atoms with Gasteiger partial charge in [0.05, 0.1) is 12.3 Å². The molecule has 0 saturated carbocycles. The molecular formula is C19H17NO4. The highest BCUT2D eigenvalue weighted by atomic mass is 16.6. The lowest BCUT2D eigenvalue weighted by Gasteiger charge is -2.17. The van der Waals surface area contributed by atoms with E-state index in [9.17, 15) is 14.4 Å². The van der Waals surface area contributed by atoms with E-state index < -0.39 is 12.0 Å². The van der Waals surface area contributed by atoms with Crippen LogP contribution in [0.5, 0.6) is 0 Å². The molecule has 1 N–H and O–H groups in total. The summed E-state index contributed by atoms with van der Waals surface area (Å²) in [5.74, 6) is -1.26. The first-order valence-corrected chi connectivity index (χ1v) is 7.71. The van der Waals surface area contributed by atoms with Crippen molar-refractivity contribution < 1.29 is 19.1 Å². The second-order valence-corrected chi connectivity index (χ2v) is 5.75. The number of anilines is 1. The quantitative estimate of drug-likeness (QED) is 0.693. The van der Waals surface area contributed by atoms with E-state index in [0.29, 0.717) is 11.3 Å². The standard InChI is InChI=1S/C19H17NO4/c1-12(21)13-7-9-15(10-8-13)20-19(23)16-11-17(22)24-18(16)14-5-3-2-4-6-14/h2-10,16,18H,11H2,1H3,(H,20,23)/t16-,18-/m0/s1. The molecule has 0 bridgehead atoms. The van der Waals surface area contributed by atoms with Crippen LogP contribution in [0.15, 0.2) is 54.6 Å². The number of Topliss-reactive ketones (excluding diaryl/α,β-unsaturated/α-hetero) is 1. The predicted octanol–water partition coefficient (Wildman–Crippen LogP) is 3.13. The summed E-state index contributed by atoms with van der Waals surface area (Å²) in [6, 6.07) is 15.9. The van der Waals surface area contributed by atoms with E-state index in [2.05, 4.69) is 5.32 Å². The molecule has 3 rings (SSSR count). The lowest BCUT2D eigenvalue weighted by Crippen LogP contribution is -2.25. The molecule has 1 saturated heterocycles. The Bertz CT molecular complexity index is 768. The van der Waals surface area contributed by atoms with Gasteiger partial charge in [-0.2, -0.15) is 0 Å². The van der Waals surface area contributed by atoms with Gasteiger partial charge in [-0.1, -0.05) is 30.3 Å². The Morgan fingerprint density at radius 1 is 1.04 bits per heavy atom. The second-order valence-electron chi connectivity index (χ2n) is 5.75. The van der Waals surface area contributed by atoms with Crippen LogP contribution in [0.4, 0.5) is 5.69 Å². The van der Waals surface area contributed by atoms with Crippen molar-refractivity contribution in [3.63, 3.8) is 0 Å². The lowest BCUT2D eigenvalue weighted by atomic mass is 9.94. The number of carbonyl (C=O) groups is 3. The smallest absolute Gasteiger partial charge is 0.307 e. The van der Waals surface area contributed by atoms with Gasteiger partial charge in [0.1, 0.15) is 6.10 Å². The number of rotatable bonds is 4. The third-order valence-electron chi connectivity index (χ3n) is 4.03. The summed E-state index contributed by atoms with van der Waals surface area (Å²) in [6.45, 7) is 1.49. The topological polar surface area (TPSA) is 72.5 Å². The number of hydrogen-bond acceptors (Lipinski definition) is 4. The Balaban J connectivity index is 1.75. The van der Waals surface area contributed by atoms with Crippen molar-refractivity contribution in [2.45, 2.75) is 19.4 Å². The molecule has 2 aromatic rings. The Hall–Kier alpha value is -2.95. The minimum Gasteiger partial charge on any atom is -0.457 e. The van der Waals surface area contributed by atoms with E-state index in [1.165, 1.54) is 6.92 Å². The fraction of sp³-hybridized carbons (Fsp3) is 0.211. The van der Waals surface area contributed by atoms with Gasteiger partial charge < -0.3 is 10.1 Å². The fourth-order valence-electron chi connectivity index (χ4n) is 2.75. The van der Waals surface area contributed by atoms with Crippen LogP contribution >= 0.6 is 0 Å². The largest absolute Gasteiger partial charge is 0.457 e. The van der Waals surface area contributed by atoms with E-state index in [-0.39, 0.29) is 24.1 Å². The molecule has 122 valence electrons. The predicted molar refractivity (Wildman–Crippen MR) is 88.5 cm³/mol. The molecule has 5 nitrogen and oxygen atoms in total. The van der Waals surface area contributed by atoms with Crippen LogP contribution in [0, 0.1) is 5.92 Å². The highest BCUT2D eigenvalue weighted by Gasteiger charge is 2.40. The highest BCUT2D eigenvalue weighted by molar-refractivity contribution is 5.98. The van der Waals surface area contributed by atoms with Gasteiger partial charge >= 0.3 is 5.97 Å². The Morgan fingerprint density at radius 3 is 2.33 bits per heavy atom. The van der Waals surface area contributed by atoms with Gasteiger partial charge in [-0.3, -0.25) is 14.4 Å². The van der Waals surface area contributed by atoms with Crippen molar-refractivity contribution in [3.8, 4) is 0 Å². The average molecular weight is 323 g/mol. The van der Waals surface area contributed by atoms with Gasteiger partial charge in [-0.15, -0.1) is 0 Å². The van der Waals surface area contributed by atoms with Gasteiger partial charge in [0.15, 0.2) is 5.78 Å². The van der Waals surface area contributed by atoms with Crippen molar-refractivity contribution >= 4 is 23.3 Å². The van der Waals surface area contributed by atoms with Gasteiger partial charge in [0.25, 0.3) is 0 Å². The average Bonchev–Trinajstić information content (AvgIpc) is 2.98. The molecule has 0 spiro atoms. The summed E-state index contributed by atoms with van der Waals surface area (Å²) in [7, 11) is 0. The van der Waals surface area contributed by atoms with Gasteiger partial charge in [0.2, 0.25) is 5.91 Å². The van der Waals surface area contributed by atoms with Gasteiger partial charge in [0, 0.05) is 11.3 Å². The number of hydrogen-bond donors (Lipinski definition) is 1. The zero-order chi connectivity index (χ0) is 17.1. The maximum Gasteiger partial charge on any atom is 0.307 e. The number of ketones is 1. The minimum atomic E-state index is -0.576. The number of amides is 1. The van der Waals surface area contributed by atoms with Crippen LogP contribution in [0.3, 0.4) is 0 Å². The number of nitrogens with one attached hydrogen (secondary N) is 1. The lowest BCUT2D eigenvalue weighted by molar-refractivity contribution is -0.141. The van der Waals surface area contributed by atoms with E-state index in [0.717, 1.165) is 5.56 Å². The highest BCUT2D eigenvalue weighted by Crippen LogP contribution is 2.36. The summed E-state index contributed by atoms with van der Waals surface area (Å²) in [5, 5.41) is 2.79. The van der Waals surface area contributed by atoms with Crippen LogP contribution in [0.25, 0.3) is 0 Å². The number of ether oxygens (including phenoxy) is 1.